The molecule has 8 nitrogen and oxygen atoms in total. The minimum atomic E-state index is -0.711. The van der Waals surface area contributed by atoms with Crippen molar-refractivity contribution in [1.29, 1.82) is 0 Å². The maximum atomic E-state index is 12.8. The fourth-order valence-electron chi connectivity index (χ4n) is 3.41. The van der Waals surface area contributed by atoms with Gasteiger partial charge in [0, 0.05) is 41.5 Å². The summed E-state index contributed by atoms with van der Waals surface area (Å²) in [5.74, 6) is -0.412. The maximum Gasteiger partial charge on any atom is 0.268 e. The van der Waals surface area contributed by atoms with Crippen LogP contribution in [0.4, 0.5) is 0 Å². The highest BCUT2D eigenvalue weighted by Gasteiger charge is 2.32. The molecule has 1 aromatic heterocycles. The summed E-state index contributed by atoms with van der Waals surface area (Å²) in [5, 5.41) is 16.6. The number of benzene rings is 1. The van der Waals surface area contributed by atoms with Gasteiger partial charge in [0.2, 0.25) is 5.91 Å². The molecule has 2 heterocycles. The van der Waals surface area contributed by atoms with Gasteiger partial charge in [-0.2, -0.15) is 0 Å². The number of nitrogens with zero attached hydrogens (tertiary/aromatic N) is 2. The summed E-state index contributed by atoms with van der Waals surface area (Å²) in [6.07, 6.45) is -0.230. The molecule has 2 amide bonds. The highest BCUT2D eigenvalue weighted by Crippen LogP contribution is 2.21. The molecule has 3 rings (SSSR count). The number of carbonyl (C=O) groups excluding carboxylic acids is 2. The van der Waals surface area contributed by atoms with Crippen LogP contribution in [0, 0.1) is 0 Å². The lowest BCUT2D eigenvalue weighted by Gasteiger charge is -2.38. The van der Waals surface area contributed by atoms with Crippen LogP contribution < -0.4 is 10.4 Å². The van der Waals surface area contributed by atoms with Gasteiger partial charge in [0.15, 0.2) is 0 Å². The van der Waals surface area contributed by atoms with Gasteiger partial charge in [-0.15, -0.1) is 0 Å². The van der Waals surface area contributed by atoms with Crippen LogP contribution >= 0.6 is 11.6 Å². The molecular formula is C21H26ClN4O4-. The second kappa shape index (κ2) is 8.55. The van der Waals surface area contributed by atoms with Gasteiger partial charge in [0.25, 0.3) is 5.91 Å². The number of amides is 2. The summed E-state index contributed by atoms with van der Waals surface area (Å²) in [6, 6.07) is 6.04. The van der Waals surface area contributed by atoms with E-state index in [1.54, 1.807) is 49.9 Å². The van der Waals surface area contributed by atoms with E-state index >= 15 is 0 Å². The Morgan fingerprint density at radius 3 is 2.73 bits per heavy atom. The molecule has 0 saturated carbocycles. The number of ether oxygens (including phenoxy) is 1. The van der Waals surface area contributed by atoms with Gasteiger partial charge in [-0.05, 0) is 30.7 Å². The molecule has 1 aliphatic rings. The van der Waals surface area contributed by atoms with Crippen molar-refractivity contribution in [2.45, 2.75) is 51.8 Å². The molecule has 0 aliphatic carbocycles. The predicted octanol–water partition coefficient (Wildman–Crippen LogP) is 2.07. The third kappa shape index (κ3) is 5.44. The van der Waals surface area contributed by atoms with Crippen molar-refractivity contribution in [1.82, 2.24) is 15.2 Å². The molecule has 1 aliphatic heterocycles. The Morgan fingerprint density at radius 1 is 1.33 bits per heavy atom. The zero-order valence-corrected chi connectivity index (χ0v) is 18.2. The first-order chi connectivity index (χ1) is 14.0. The molecule has 0 radical (unpaired) electrons. The molecule has 162 valence electrons. The Bertz CT molecular complexity index is 979. The van der Waals surface area contributed by atoms with Crippen molar-refractivity contribution >= 4 is 40.4 Å². The Balaban J connectivity index is 1.79. The fraction of sp³-hybridized carbons (Fsp3) is 0.476. The fourth-order valence-corrected chi connectivity index (χ4v) is 3.59. The van der Waals surface area contributed by atoms with Gasteiger partial charge >= 0.3 is 0 Å². The van der Waals surface area contributed by atoms with Crippen LogP contribution in [0.15, 0.2) is 29.3 Å². The number of nitrogens with one attached hydrogen (secondary N) is 2. The van der Waals surface area contributed by atoms with E-state index in [4.69, 9.17) is 16.3 Å². The van der Waals surface area contributed by atoms with Crippen LogP contribution in [-0.4, -0.2) is 58.6 Å². The molecule has 1 fully saturated rings. The third-order valence-corrected chi connectivity index (χ3v) is 5.07. The molecule has 0 unspecified atom stereocenters. The molecule has 9 heteroatoms. The number of fused-ring (bicyclic) bond motifs is 1. The van der Waals surface area contributed by atoms with Crippen LogP contribution in [0.3, 0.4) is 0 Å². The minimum absolute atomic E-state index is 0.100. The molecule has 1 saturated heterocycles. The second-order valence-corrected chi connectivity index (χ2v) is 8.86. The zero-order chi connectivity index (χ0) is 22.1. The highest BCUT2D eigenvalue weighted by molar-refractivity contribution is 6.31. The van der Waals surface area contributed by atoms with E-state index in [-0.39, 0.29) is 18.4 Å². The standard InChI is InChI=1S/C21H27ClN4O4/c1-12(27)26-8-7-16(18(11-26)25-20(29)30-21(2,3)4)24-19(28)17-10-13-9-14(22)5-6-15(13)23-17/h5-6,9-10,16,18,23H,7-8,11H2,1-4H3,(H,24,28)(H,25,29)/p-1/t16-,18+/m0/s1. The van der Waals surface area contributed by atoms with Gasteiger partial charge in [-0.1, -0.05) is 32.4 Å². The average molecular weight is 434 g/mol. The monoisotopic (exact) mass is 433 g/mol. The van der Waals surface area contributed by atoms with Crippen LogP contribution in [-0.2, 0) is 9.53 Å². The third-order valence-electron chi connectivity index (χ3n) is 4.84. The minimum Gasteiger partial charge on any atom is -0.595 e. The quantitative estimate of drug-likeness (QED) is 0.570. The number of halogens is 1. The summed E-state index contributed by atoms with van der Waals surface area (Å²) in [5.41, 5.74) is 0.503. The molecule has 1 aromatic carbocycles. The Kier molecular flexibility index (Phi) is 6.26. The number of hydrogen-bond acceptors (Lipinski definition) is 5. The summed E-state index contributed by atoms with van der Waals surface area (Å²) < 4.78 is 5.28. The SMILES string of the molecule is CC(=O)N1CC[C@H](NC(=O)c2cc3cc(Cl)ccc3[nH]2)[C@H](N=C([O-])OC(C)(C)C)C1. The number of rotatable bonds is 3. The number of aromatic nitrogens is 1. The molecule has 30 heavy (non-hydrogen) atoms. The van der Waals surface area contributed by atoms with Crippen molar-refractivity contribution in [2.24, 2.45) is 4.99 Å². The van der Waals surface area contributed by atoms with E-state index in [1.165, 1.54) is 6.92 Å². The average Bonchev–Trinajstić information content (AvgIpc) is 3.04. The molecule has 2 aromatic rings. The Labute approximate surface area is 180 Å². The number of H-pyrrole nitrogens is 1. The van der Waals surface area contributed by atoms with E-state index in [1.807, 2.05) is 0 Å². The van der Waals surface area contributed by atoms with Crippen molar-refractivity contribution in [2.75, 3.05) is 13.1 Å². The number of aromatic amines is 1. The van der Waals surface area contributed by atoms with E-state index in [2.05, 4.69) is 15.3 Å². The van der Waals surface area contributed by atoms with Crippen LogP contribution in [0.2, 0.25) is 5.02 Å². The zero-order valence-electron chi connectivity index (χ0n) is 17.5. The van der Waals surface area contributed by atoms with Gasteiger partial charge < -0.3 is 25.0 Å². The molecule has 0 bridgehead atoms. The number of aliphatic imine (C=N–C) groups is 1. The van der Waals surface area contributed by atoms with Crippen LogP contribution in [0.5, 0.6) is 0 Å². The van der Waals surface area contributed by atoms with Gasteiger partial charge in [0.05, 0.1) is 12.1 Å². The maximum absolute atomic E-state index is 12.8. The number of likely N-dealkylation sites (tertiary alicyclic amines) is 1. The Morgan fingerprint density at radius 2 is 2.07 bits per heavy atom. The number of piperidine rings is 1. The van der Waals surface area contributed by atoms with Crippen molar-refractivity contribution in [3.05, 3.63) is 35.0 Å². The summed E-state index contributed by atoms with van der Waals surface area (Å²) in [6.45, 7) is 7.45. The first-order valence-corrected chi connectivity index (χ1v) is 10.2. The van der Waals surface area contributed by atoms with Crippen molar-refractivity contribution < 1.29 is 19.4 Å². The molecular weight excluding hydrogens is 408 g/mol. The van der Waals surface area contributed by atoms with Gasteiger partial charge in [-0.3, -0.25) is 14.6 Å². The number of hydrogen-bond donors (Lipinski definition) is 2. The second-order valence-electron chi connectivity index (χ2n) is 8.43. The lowest BCUT2D eigenvalue weighted by molar-refractivity contribution is -0.261. The smallest absolute Gasteiger partial charge is 0.268 e. The van der Waals surface area contributed by atoms with Gasteiger partial charge in [0.1, 0.15) is 11.8 Å². The first kappa shape index (κ1) is 22.0. The van der Waals surface area contributed by atoms with Crippen molar-refractivity contribution in [3.63, 3.8) is 0 Å². The van der Waals surface area contributed by atoms with E-state index in [0.717, 1.165) is 10.9 Å². The van der Waals surface area contributed by atoms with Crippen LogP contribution in [0.1, 0.15) is 44.6 Å². The number of carbonyl (C=O) groups is 2. The van der Waals surface area contributed by atoms with Crippen LogP contribution in [0.25, 0.3) is 10.9 Å². The topological polar surface area (TPSA) is 110 Å². The summed E-state index contributed by atoms with van der Waals surface area (Å²) in [4.78, 5) is 33.5. The lowest BCUT2D eigenvalue weighted by Crippen LogP contribution is -2.55. The largest absolute Gasteiger partial charge is 0.595 e. The Hall–Kier alpha value is -2.74. The summed E-state index contributed by atoms with van der Waals surface area (Å²) >= 11 is 6.01. The van der Waals surface area contributed by atoms with E-state index < -0.39 is 23.8 Å². The normalized spacial score (nSPS) is 20.3. The summed E-state index contributed by atoms with van der Waals surface area (Å²) in [7, 11) is 0. The highest BCUT2D eigenvalue weighted by atomic mass is 35.5. The predicted molar refractivity (Wildman–Crippen MR) is 113 cm³/mol. The van der Waals surface area contributed by atoms with E-state index in [9.17, 15) is 14.7 Å². The van der Waals surface area contributed by atoms with E-state index in [0.29, 0.717) is 23.7 Å². The van der Waals surface area contributed by atoms with Gasteiger partial charge in [-0.25, -0.2) is 0 Å². The molecule has 2 atom stereocenters. The lowest BCUT2D eigenvalue weighted by atomic mass is 9.99. The first-order valence-electron chi connectivity index (χ1n) is 9.80. The molecule has 2 N–H and O–H groups in total. The van der Waals surface area contributed by atoms with Crippen molar-refractivity contribution in [3.8, 4) is 0 Å². The molecule has 0 spiro atoms.